The molecule has 0 bridgehead atoms. The van der Waals surface area contributed by atoms with Gasteiger partial charge < -0.3 is 0 Å². The van der Waals surface area contributed by atoms with Crippen molar-refractivity contribution in [2.75, 3.05) is 20.6 Å². The molecule has 0 aliphatic carbocycles. The number of aryl methyl sites for hydroxylation is 2. The van der Waals surface area contributed by atoms with E-state index in [1.165, 1.54) is 5.12 Å². The quantitative estimate of drug-likeness (QED) is 0.400. The first kappa shape index (κ1) is 21.5. The minimum atomic E-state index is -0.704. The number of rotatable bonds is 6. The second-order valence-electron chi connectivity index (χ2n) is 7.43. The smallest absolute Gasteiger partial charge is 0.289 e. The minimum absolute atomic E-state index is 0.206. The van der Waals surface area contributed by atoms with Gasteiger partial charge in [-0.25, -0.2) is 25.9 Å². The molecule has 1 amide bonds. The van der Waals surface area contributed by atoms with E-state index in [0.29, 0.717) is 22.7 Å². The zero-order valence-electron chi connectivity index (χ0n) is 18.2. The summed E-state index contributed by atoms with van der Waals surface area (Å²) in [5.41, 5.74) is 11.8. The maximum absolute atomic E-state index is 13.4. The first-order chi connectivity index (χ1) is 14.9. The molecule has 8 nitrogen and oxygen atoms in total. The molecule has 0 fully saturated rings. The van der Waals surface area contributed by atoms with E-state index in [1.54, 1.807) is 14.1 Å². The number of nitrogens with zero attached hydrogens (tertiary/aromatic N) is 4. The molecule has 2 aromatic heterocycles. The third kappa shape index (κ3) is 3.61. The number of amides is 1. The van der Waals surface area contributed by atoms with Crippen LogP contribution in [0.4, 0.5) is 0 Å². The molecule has 0 radical (unpaired) electrons. The standard InChI is InChI=1S/C22H26ClN7O/c1-6-26-21(22(31)30(24-4)25-5)29-18-8-7-14(23)11-15(18)19-20(29)28-17-10-13(3)12(2)9-16(17)27-19/h7-11,21,24-26H,6H2,1-5H3. The first-order valence-electron chi connectivity index (χ1n) is 10.2. The highest BCUT2D eigenvalue weighted by molar-refractivity contribution is 6.31. The molecule has 1 atom stereocenters. The summed E-state index contributed by atoms with van der Waals surface area (Å²) < 4.78 is 1.90. The van der Waals surface area contributed by atoms with Crippen LogP contribution in [-0.4, -0.2) is 46.2 Å². The molecule has 0 saturated heterocycles. The van der Waals surface area contributed by atoms with E-state index < -0.39 is 6.17 Å². The molecule has 4 aromatic rings. The SMILES string of the molecule is CCNC(C(=O)N(NC)NC)n1c2ccc(Cl)cc2c2nc3cc(C)c(C)cc3nc21. The van der Waals surface area contributed by atoms with Gasteiger partial charge in [-0.1, -0.05) is 18.5 Å². The number of hydrazine groups is 2. The Morgan fingerprint density at radius 3 is 2.35 bits per heavy atom. The zero-order valence-corrected chi connectivity index (χ0v) is 19.0. The van der Waals surface area contributed by atoms with E-state index in [2.05, 4.69) is 30.0 Å². The van der Waals surface area contributed by atoms with E-state index in [9.17, 15) is 4.79 Å². The molecule has 31 heavy (non-hydrogen) atoms. The summed E-state index contributed by atoms with van der Waals surface area (Å²) in [6.45, 7) is 6.66. The highest BCUT2D eigenvalue weighted by Crippen LogP contribution is 2.33. The van der Waals surface area contributed by atoms with Crippen LogP contribution in [0.5, 0.6) is 0 Å². The fourth-order valence-corrected chi connectivity index (χ4v) is 4.04. The van der Waals surface area contributed by atoms with Crippen molar-refractivity contribution in [3.8, 4) is 0 Å². The number of aromatic nitrogens is 3. The van der Waals surface area contributed by atoms with Crippen molar-refractivity contribution in [1.82, 2.24) is 35.8 Å². The van der Waals surface area contributed by atoms with E-state index in [4.69, 9.17) is 21.6 Å². The Kier molecular flexibility index (Phi) is 5.81. The lowest BCUT2D eigenvalue weighted by atomic mass is 10.1. The Balaban J connectivity index is 2.09. The van der Waals surface area contributed by atoms with E-state index in [0.717, 1.165) is 33.1 Å². The highest BCUT2D eigenvalue weighted by Gasteiger charge is 2.29. The van der Waals surface area contributed by atoms with Crippen molar-refractivity contribution in [3.63, 3.8) is 0 Å². The molecular weight excluding hydrogens is 414 g/mol. The summed E-state index contributed by atoms with van der Waals surface area (Å²) in [6, 6.07) is 9.67. The molecule has 2 heterocycles. The maximum atomic E-state index is 13.4. The topological polar surface area (TPSA) is 87.1 Å². The van der Waals surface area contributed by atoms with Crippen molar-refractivity contribution >= 4 is 50.6 Å². The van der Waals surface area contributed by atoms with Crippen molar-refractivity contribution in [2.45, 2.75) is 26.9 Å². The van der Waals surface area contributed by atoms with Gasteiger partial charge in [0, 0.05) is 24.5 Å². The normalized spacial score (nSPS) is 12.7. The zero-order chi connectivity index (χ0) is 22.3. The summed E-state index contributed by atoms with van der Waals surface area (Å²) in [6.07, 6.45) is -0.704. The summed E-state index contributed by atoms with van der Waals surface area (Å²) in [4.78, 5) is 23.2. The molecule has 4 rings (SSSR count). The summed E-state index contributed by atoms with van der Waals surface area (Å²) >= 11 is 6.32. The fraction of sp³-hybridized carbons (Fsp3) is 0.318. The largest absolute Gasteiger partial charge is 0.299 e. The van der Waals surface area contributed by atoms with Gasteiger partial charge in [0.05, 0.1) is 16.6 Å². The molecule has 1 unspecified atom stereocenters. The number of halogens is 1. The molecule has 0 aliphatic heterocycles. The van der Waals surface area contributed by atoms with Crippen molar-refractivity contribution in [3.05, 3.63) is 46.5 Å². The van der Waals surface area contributed by atoms with Gasteiger partial charge in [-0.05, 0) is 61.9 Å². The van der Waals surface area contributed by atoms with Gasteiger partial charge in [-0.3, -0.25) is 14.7 Å². The molecule has 3 N–H and O–H groups in total. The Labute approximate surface area is 185 Å². The number of likely N-dealkylation sites (N-methyl/N-ethyl adjacent to an activating group) is 1. The maximum Gasteiger partial charge on any atom is 0.289 e. The molecule has 0 aliphatic rings. The fourth-order valence-electron chi connectivity index (χ4n) is 3.87. The Morgan fingerprint density at radius 1 is 1.10 bits per heavy atom. The van der Waals surface area contributed by atoms with Crippen LogP contribution in [0.2, 0.25) is 5.02 Å². The van der Waals surface area contributed by atoms with Crippen molar-refractivity contribution < 1.29 is 4.79 Å². The van der Waals surface area contributed by atoms with Crippen molar-refractivity contribution in [1.29, 1.82) is 0 Å². The number of carbonyl (C=O) groups is 1. The van der Waals surface area contributed by atoms with Gasteiger partial charge in [0.15, 0.2) is 11.8 Å². The highest BCUT2D eigenvalue weighted by atomic mass is 35.5. The van der Waals surface area contributed by atoms with Crippen LogP contribution >= 0.6 is 11.6 Å². The first-order valence-corrected chi connectivity index (χ1v) is 10.6. The summed E-state index contributed by atoms with van der Waals surface area (Å²) in [5.74, 6) is -0.206. The second kappa shape index (κ2) is 8.39. The Hall–Kier alpha value is -2.78. The lowest BCUT2D eigenvalue weighted by molar-refractivity contribution is -0.141. The average molecular weight is 440 g/mol. The summed E-state index contributed by atoms with van der Waals surface area (Å²) in [7, 11) is 3.36. The van der Waals surface area contributed by atoms with Crippen LogP contribution in [0, 0.1) is 13.8 Å². The van der Waals surface area contributed by atoms with Gasteiger partial charge in [0.2, 0.25) is 0 Å². The van der Waals surface area contributed by atoms with Gasteiger partial charge in [0.25, 0.3) is 5.91 Å². The number of carbonyl (C=O) groups excluding carboxylic acids is 1. The number of fused-ring (bicyclic) bond motifs is 4. The average Bonchev–Trinajstić information content (AvgIpc) is 3.04. The van der Waals surface area contributed by atoms with Crippen LogP contribution in [0.3, 0.4) is 0 Å². The molecule has 9 heteroatoms. The molecule has 162 valence electrons. The van der Waals surface area contributed by atoms with Gasteiger partial charge in [-0.2, -0.15) is 0 Å². The number of nitrogens with one attached hydrogen (secondary N) is 3. The van der Waals surface area contributed by atoms with Crippen LogP contribution in [-0.2, 0) is 4.79 Å². The third-order valence-electron chi connectivity index (χ3n) is 5.52. The lowest BCUT2D eigenvalue weighted by Gasteiger charge is -2.27. The minimum Gasteiger partial charge on any atom is -0.299 e. The number of hydrogen-bond acceptors (Lipinski definition) is 6. The van der Waals surface area contributed by atoms with Gasteiger partial charge >= 0.3 is 0 Å². The monoisotopic (exact) mass is 439 g/mol. The van der Waals surface area contributed by atoms with Crippen molar-refractivity contribution in [2.24, 2.45) is 0 Å². The molecular formula is C22H26ClN7O. The molecule has 0 spiro atoms. The van der Waals surface area contributed by atoms with Gasteiger partial charge in [0.1, 0.15) is 5.52 Å². The van der Waals surface area contributed by atoms with E-state index in [1.807, 2.05) is 41.8 Å². The number of benzene rings is 2. The summed E-state index contributed by atoms with van der Waals surface area (Å²) in [5, 5.41) is 6.09. The second-order valence-corrected chi connectivity index (χ2v) is 7.87. The van der Waals surface area contributed by atoms with Crippen LogP contribution in [0.15, 0.2) is 30.3 Å². The van der Waals surface area contributed by atoms with Crippen LogP contribution in [0.1, 0.15) is 24.2 Å². The number of hydrogen-bond donors (Lipinski definition) is 3. The predicted molar refractivity (Wildman–Crippen MR) is 125 cm³/mol. The Morgan fingerprint density at radius 2 is 1.74 bits per heavy atom. The predicted octanol–water partition coefficient (Wildman–Crippen LogP) is 3.21. The molecule has 0 saturated carbocycles. The van der Waals surface area contributed by atoms with Crippen LogP contribution in [0.25, 0.3) is 33.1 Å². The van der Waals surface area contributed by atoms with E-state index >= 15 is 0 Å². The van der Waals surface area contributed by atoms with Crippen LogP contribution < -0.4 is 16.2 Å². The molecule has 2 aromatic carbocycles. The lowest BCUT2D eigenvalue weighted by Crippen LogP contribution is -2.54. The Bertz CT molecular complexity index is 1300. The van der Waals surface area contributed by atoms with E-state index in [-0.39, 0.29) is 5.91 Å². The van der Waals surface area contributed by atoms with Gasteiger partial charge in [-0.15, -0.1) is 0 Å². The third-order valence-corrected chi connectivity index (χ3v) is 5.76.